The minimum Gasteiger partial charge on any atom is -0.468 e. The SMILES string of the molecule is COC(=O)[C@@H]1C(=O)Oc2ccc3ccccc3c2[C@H]1[C@@H](C)C(=O)c1ccc(Br)cc1. The molecule has 3 aromatic rings. The lowest BCUT2D eigenvalue weighted by atomic mass is 9.72. The summed E-state index contributed by atoms with van der Waals surface area (Å²) in [6.07, 6.45) is 0. The number of Topliss-reactive ketones (excluding diaryl/α,β-unsaturated/α-hetero) is 1. The smallest absolute Gasteiger partial charge is 0.326 e. The Morgan fingerprint density at radius 2 is 1.73 bits per heavy atom. The van der Waals surface area contributed by atoms with Gasteiger partial charge in [-0.1, -0.05) is 65.3 Å². The van der Waals surface area contributed by atoms with Crippen molar-refractivity contribution >= 4 is 44.4 Å². The zero-order valence-corrected chi connectivity index (χ0v) is 18.0. The van der Waals surface area contributed by atoms with Crippen LogP contribution < -0.4 is 4.74 Å². The van der Waals surface area contributed by atoms with Crippen LogP contribution in [0.15, 0.2) is 65.1 Å². The third-order valence-corrected chi connectivity index (χ3v) is 6.15. The summed E-state index contributed by atoms with van der Waals surface area (Å²) in [5.41, 5.74) is 1.19. The number of benzene rings is 3. The quantitative estimate of drug-likeness (QED) is 0.236. The summed E-state index contributed by atoms with van der Waals surface area (Å²) in [7, 11) is 1.23. The first-order chi connectivity index (χ1) is 14.4. The van der Waals surface area contributed by atoms with Crippen molar-refractivity contribution in [3.8, 4) is 5.75 Å². The first kappa shape index (κ1) is 20.3. The van der Waals surface area contributed by atoms with Crippen molar-refractivity contribution in [2.45, 2.75) is 12.8 Å². The highest BCUT2D eigenvalue weighted by Crippen LogP contribution is 2.47. The second-order valence-electron chi connectivity index (χ2n) is 7.31. The highest BCUT2D eigenvalue weighted by molar-refractivity contribution is 9.10. The van der Waals surface area contributed by atoms with Crippen LogP contribution in [0.1, 0.15) is 28.8 Å². The Morgan fingerprint density at radius 1 is 1.03 bits per heavy atom. The molecule has 0 aliphatic carbocycles. The lowest BCUT2D eigenvalue weighted by Crippen LogP contribution is -2.42. The third-order valence-electron chi connectivity index (χ3n) is 5.62. The van der Waals surface area contributed by atoms with E-state index in [1.807, 2.05) is 30.3 Å². The van der Waals surface area contributed by atoms with Gasteiger partial charge in [-0.05, 0) is 29.0 Å². The fourth-order valence-electron chi connectivity index (χ4n) is 4.14. The van der Waals surface area contributed by atoms with Crippen LogP contribution in [0.25, 0.3) is 10.8 Å². The van der Waals surface area contributed by atoms with Gasteiger partial charge < -0.3 is 9.47 Å². The average molecular weight is 467 g/mol. The van der Waals surface area contributed by atoms with Crippen LogP contribution in [0, 0.1) is 11.8 Å². The van der Waals surface area contributed by atoms with Crippen LogP contribution in [0.2, 0.25) is 0 Å². The summed E-state index contributed by atoms with van der Waals surface area (Å²) in [5.74, 6) is -3.79. The van der Waals surface area contributed by atoms with Crippen LogP contribution >= 0.6 is 15.9 Å². The third kappa shape index (κ3) is 3.41. The molecule has 0 amide bonds. The fourth-order valence-corrected chi connectivity index (χ4v) is 4.41. The van der Waals surface area contributed by atoms with Crippen molar-refractivity contribution in [1.82, 2.24) is 0 Å². The summed E-state index contributed by atoms with van der Waals surface area (Å²) in [6, 6.07) is 18.2. The Hall–Kier alpha value is -2.99. The number of esters is 2. The maximum Gasteiger partial charge on any atom is 0.326 e. The molecule has 0 fully saturated rings. The Balaban J connectivity index is 1.90. The molecular weight excluding hydrogens is 448 g/mol. The van der Waals surface area contributed by atoms with Crippen molar-refractivity contribution in [2.75, 3.05) is 7.11 Å². The van der Waals surface area contributed by atoms with E-state index in [1.165, 1.54) is 7.11 Å². The lowest BCUT2D eigenvalue weighted by molar-refractivity contribution is -0.158. The van der Waals surface area contributed by atoms with Gasteiger partial charge in [0.2, 0.25) is 0 Å². The van der Waals surface area contributed by atoms with Crippen molar-refractivity contribution in [1.29, 1.82) is 0 Å². The zero-order valence-electron chi connectivity index (χ0n) is 16.4. The van der Waals surface area contributed by atoms with Crippen molar-refractivity contribution in [3.63, 3.8) is 0 Å². The monoisotopic (exact) mass is 466 g/mol. The fraction of sp³-hybridized carbons (Fsp3) is 0.208. The molecule has 0 saturated carbocycles. The number of ketones is 1. The standard InChI is InChI=1S/C24H19BrO5/c1-13(22(26)15-7-10-16(25)11-8-15)19-20-17-6-4-3-5-14(17)9-12-18(20)30-24(28)21(19)23(27)29-2/h3-13,19,21H,1-2H3/t13-,19-,21-/m1/s1. The number of carbonyl (C=O) groups excluding carboxylic acids is 3. The van der Waals surface area contributed by atoms with Crippen LogP contribution in [-0.4, -0.2) is 24.8 Å². The van der Waals surface area contributed by atoms with Gasteiger partial charge in [0.05, 0.1) is 7.11 Å². The maximum absolute atomic E-state index is 13.3. The Morgan fingerprint density at radius 3 is 2.43 bits per heavy atom. The van der Waals surface area contributed by atoms with E-state index in [4.69, 9.17) is 9.47 Å². The molecule has 0 spiro atoms. The van der Waals surface area contributed by atoms with Gasteiger partial charge in [0.25, 0.3) is 0 Å². The van der Waals surface area contributed by atoms with E-state index in [2.05, 4.69) is 15.9 Å². The van der Waals surface area contributed by atoms with Crippen molar-refractivity contribution < 1.29 is 23.9 Å². The molecule has 0 unspecified atom stereocenters. The number of ether oxygens (including phenoxy) is 2. The summed E-state index contributed by atoms with van der Waals surface area (Å²) in [5, 5.41) is 1.78. The second-order valence-corrected chi connectivity index (χ2v) is 8.22. The normalized spacial score (nSPS) is 19.0. The molecular formula is C24H19BrO5. The number of methoxy groups -OCH3 is 1. The first-order valence-electron chi connectivity index (χ1n) is 9.53. The molecule has 0 radical (unpaired) electrons. The van der Waals surface area contributed by atoms with E-state index >= 15 is 0 Å². The van der Waals surface area contributed by atoms with Crippen LogP contribution in [0.5, 0.6) is 5.75 Å². The van der Waals surface area contributed by atoms with Gasteiger partial charge in [-0.3, -0.25) is 14.4 Å². The first-order valence-corrected chi connectivity index (χ1v) is 10.3. The summed E-state index contributed by atoms with van der Waals surface area (Å²) >= 11 is 3.37. The molecule has 30 heavy (non-hydrogen) atoms. The highest BCUT2D eigenvalue weighted by atomic mass is 79.9. The number of halogens is 1. The Kier molecular flexibility index (Phi) is 5.43. The number of carbonyl (C=O) groups is 3. The number of fused-ring (bicyclic) bond motifs is 3. The van der Waals surface area contributed by atoms with Crippen molar-refractivity contribution in [2.24, 2.45) is 11.8 Å². The molecule has 0 N–H and O–H groups in total. The predicted octanol–water partition coefficient (Wildman–Crippen LogP) is 4.91. The molecule has 1 aliphatic heterocycles. The lowest BCUT2D eigenvalue weighted by Gasteiger charge is -2.34. The molecule has 152 valence electrons. The largest absolute Gasteiger partial charge is 0.468 e. The molecule has 3 atom stereocenters. The van der Waals surface area contributed by atoms with Gasteiger partial charge >= 0.3 is 11.9 Å². The molecule has 3 aromatic carbocycles. The molecule has 4 rings (SSSR count). The van der Waals surface area contributed by atoms with E-state index in [0.29, 0.717) is 16.9 Å². The van der Waals surface area contributed by atoms with Crippen LogP contribution in [-0.2, 0) is 14.3 Å². The van der Waals surface area contributed by atoms with Gasteiger partial charge in [0, 0.05) is 27.4 Å². The van der Waals surface area contributed by atoms with Gasteiger partial charge in [0.15, 0.2) is 11.7 Å². The van der Waals surface area contributed by atoms with E-state index in [1.54, 1.807) is 37.3 Å². The number of rotatable bonds is 4. The van der Waals surface area contributed by atoms with E-state index in [0.717, 1.165) is 15.2 Å². The maximum atomic E-state index is 13.3. The predicted molar refractivity (Wildman–Crippen MR) is 115 cm³/mol. The molecule has 5 nitrogen and oxygen atoms in total. The Bertz CT molecular complexity index is 1150. The summed E-state index contributed by atoms with van der Waals surface area (Å²) in [4.78, 5) is 38.7. The minimum atomic E-state index is -1.22. The van der Waals surface area contributed by atoms with Gasteiger partial charge in [-0.25, -0.2) is 0 Å². The Labute approximate surface area is 182 Å². The van der Waals surface area contributed by atoms with E-state index in [9.17, 15) is 14.4 Å². The van der Waals surface area contributed by atoms with E-state index in [-0.39, 0.29) is 5.78 Å². The summed E-state index contributed by atoms with van der Waals surface area (Å²) in [6.45, 7) is 1.75. The summed E-state index contributed by atoms with van der Waals surface area (Å²) < 4.78 is 11.3. The molecule has 1 heterocycles. The van der Waals surface area contributed by atoms with Crippen LogP contribution in [0.3, 0.4) is 0 Å². The molecule has 6 heteroatoms. The highest BCUT2D eigenvalue weighted by Gasteiger charge is 2.48. The van der Waals surface area contributed by atoms with Crippen molar-refractivity contribution in [3.05, 3.63) is 76.3 Å². The molecule has 0 aromatic heterocycles. The van der Waals surface area contributed by atoms with Gasteiger partial charge in [-0.2, -0.15) is 0 Å². The number of hydrogen-bond acceptors (Lipinski definition) is 5. The van der Waals surface area contributed by atoms with Gasteiger partial charge in [-0.15, -0.1) is 0 Å². The topological polar surface area (TPSA) is 69.7 Å². The van der Waals surface area contributed by atoms with Crippen LogP contribution in [0.4, 0.5) is 0 Å². The average Bonchev–Trinajstić information content (AvgIpc) is 2.77. The van der Waals surface area contributed by atoms with E-state index < -0.39 is 29.7 Å². The minimum absolute atomic E-state index is 0.157. The number of hydrogen-bond donors (Lipinski definition) is 0. The molecule has 0 saturated heterocycles. The van der Waals surface area contributed by atoms with Gasteiger partial charge in [0.1, 0.15) is 5.75 Å². The molecule has 0 bridgehead atoms. The zero-order chi connectivity index (χ0) is 21.4. The second kappa shape index (κ2) is 8.03. The molecule has 1 aliphatic rings.